The Bertz CT molecular complexity index is 610. The normalized spacial score (nSPS) is 10.2. The number of carbonyl (C=O) groups excluding carboxylic acids is 1. The van der Waals surface area contributed by atoms with E-state index in [-0.39, 0.29) is 23.8 Å². The summed E-state index contributed by atoms with van der Waals surface area (Å²) in [5, 5.41) is 13.1. The van der Waals surface area contributed by atoms with Crippen LogP contribution >= 0.6 is 11.3 Å². The summed E-state index contributed by atoms with van der Waals surface area (Å²) in [6.45, 7) is 0. The van der Waals surface area contributed by atoms with Crippen molar-refractivity contribution in [3.63, 3.8) is 0 Å². The van der Waals surface area contributed by atoms with E-state index in [9.17, 15) is 14.0 Å². The highest BCUT2D eigenvalue weighted by molar-refractivity contribution is 7.09. The minimum atomic E-state index is -1.12. The van der Waals surface area contributed by atoms with Crippen LogP contribution in [0.5, 0.6) is 0 Å². The van der Waals surface area contributed by atoms with Crippen LogP contribution in [0.1, 0.15) is 15.5 Å². The van der Waals surface area contributed by atoms with E-state index in [1.165, 1.54) is 29.6 Å². The number of rotatable bonds is 4. The molecule has 0 aliphatic rings. The number of thiazole rings is 1. The Kier molecular flexibility index (Phi) is 3.86. The van der Waals surface area contributed by atoms with Gasteiger partial charge in [-0.25, -0.2) is 14.2 Å². The summed E-state index contributed by atoms with van der Waals surface area (Å²) >= 11 is 1.11. The summed E-state index contributed by atoms with van der Waals surface area (Å²) in [7, 11) is 0. The molecule has 0 bridgehead atoms. The number of aromatic carboxylic acids is 1. The van der Waals surface area contributed by atoms with Crippen LogP contribution in [0.4, 0.5) is 10.1 Å². The molecule has 0 aliphatic heterocycles. The van der Waals surface area contributed by atoms with Gasteiger partial charge < -0.3 is 10.4 Å². The van der Waals surface area contributed by atoms with Crippen LogP contribution in [0.15, 0.2) is 29.6 Å². The van der Waals surface area contributed by atoms with E-state index in [0.29, 0.717) is 10.7 Å². The molecule has 1 heterocycles. The third-order valence-electron chi connectivity index (χ3n) is 2.21. The monoisotopic (exact) mass is 280 g/mol. The van der Waals surface area contributed by atoms with Crippen molar-refractivity contribution in [1.29, 1.82) is 0 Å². The maximum atomic E-state index is 12.7. The molecule has 1 aromatic heterocycles. The minimum absolute atomic E-state index is 0.0185. The summed E-state index contributed by atoms with van der Waals surface area (Å²) < 4.78 is 12.7. The first-order valence-corrected chi connectivity index (χ1v) is 6.15. The second-order valence-corrected chi connectivity index (χ2v) is 4.61. The third kappa shape index (κ3) is 3.59. The number of carboxylic acid groups (broad SMARTS) is 1. The molecular weight excluding hydrogens is 271 g/mol. The van der Waals surface area contributed by atoms with Gasteiger partial charge in [0.2, 0.25) is 5.91 Å². The molecule has 1 aromatic carbocycles. The lowest BCUT2D eigenvalue weighted by atomic mass is 10.3. The molecule has 0 spiro atoms. The quantitative estimate of drug-likeness (QED) is 0.899. The van der Waals surface area contributed by atoms with Crippen molar-refractivity contribution in [3.8, 4) is 0 Å². The lowest BCUT2D eigenvalue weighted by molar-refractivity contribution is -0.115. The molecule has 0 saturated carbocycles. The molecule has 98 valence electrons. The van der Waals surface area contributed by atoms with Crippen molar-refractivity contribution in [2.75, 3.05) is 5.32 Å². The van der Waals surface area contributed by atoms with Crippen LogP contribution in [-0.2, 0) is 11.2 Å². The molecule has 0 fully saturated rings. The molecule has 5 nitrogen and oxygen atoms in total. The molecule has 2 aromatic rings. The Balaban J connectivity index is 1.97. The summed E-state index contributed by atoms with van der Waals surface area (Å²) in [5.41, 5.74) is 0.399. The van der Waals surface area contributed by atoms with E-state index < -0.39 is 5.97 Å². The van der Waals surface area contributed by atoms with Crippen molar-refractivity contribution in [2.45, 2.75) is 6.42 Å². The van der Waals surface area contributed by atoms with Gasteiger partial charge in [-0.05, 0) is 24.3 Å². The van der Waals surface area contributed by atoms with Gasteiger partial charge in [0.25, 0.3) is 0 Å². The number of carboxylic acids is 1. The summed E-state index contributed by atoms with van der Waals surface area (Å²) in [6, 6.07) is 5.36. The molecule has 0 saturated heterocycles. The van der Waals surface area contributed by atoms with Crippen LogP contribution in [0.2, 0.25) is 0 Å². The smallest absolute Gasteiger partial charge is 0.355 e. The van der Waals surface area contributed by atoms with Gasteiger partial charge in [-0.1, -0.05) is 0 Å². The molecule has 0 unspecified atom stereocenters. The van der Waals surface area contributed by atoms with Gasteiger partial charge in [0, 0.05) is 11.1 Å². The summed E-state index contributed by atoms with van der Waals surface area (Å²) in [5.74, 6) is -1.84. The summed E-state index contributed by atoms with van der Waals surface area (Å²) in [4.78, 5) is 26.1. The van der Waals surface area contributed by atoms with Crippen LogP contribution < -0.4 is 5.32 Å². The average molecular weight is 280 g/mol. The van der Waals surface area contributed by atoms with Gasteiger partial charge in [0.15, 0.2) is 5.69 Å². The number of amides is 1. The summed E-state index contributed by atoms with van der Waals surface area (Å²) in [6.07, 6.45) is -0.0185. The van der Waals surface area contributed by atoms with Gasteiger partial charge in [-0.2, -0.15) is 0 Å². The van der Waals surface area contributed by atoms with Gasteiger partial charge >= 0.3 is 5.97 Å². The van der Waals surface area contributed by atoms with Gasteiger partial charge in [-0.15, -0.1) is 11.3 Å². The third-order valence-corrected chi connectivity index (χ3v) is 3.06. The number of benzene rings is 1. The topological polar surface area (TPSA) is 79.3 Å². The fourth-order valence-electron chi connectivity index (χ4n) is 1.37. The second kappa shape index (κ2) is 5.57. The predicted octanol–water partition coefficient (Wildman–Crippen LogP) is 2.16. The lowest BCUT2D eigenvalue weighted by Crippen LogP contribution is -2.14. The number of nitrogens with zero attached hydrogens (tertiary/aromatic N) is 1. The largest absolute Gasteiger partial charge is 0.476 e. The molecule has 2 N–H and O–H groups in total. The van der Waals surface area contributed by atoms with Crippen molar-refractivity contribution in [1.82, 2.24) is 4.98 Å². The van der Waals surface area contributed by atoms with E-state index in [1.807, 2.05) is 0 Å². The number of anilines is 1. The first kappa shape index (κ1) is 13.2. The lowest BCUT2D eigenvalue weighted by Gasteiger charge is -2.03. The Morgan fingerprint density at radius 2 is 2.00 bits per heavy atom. The Morgan fingerprint density at radius 1 is 1.32 bits per heavy atom. The van der Waals surface area contributed by atoms with E-state index >= 15 is 0 Å². The molecule has 1 amide bonds. The van der Waals surface area contributed by atoms with Crippen LogP contribution in [-0.4, -0.2) is 22.0 Å². The fraction of sp³-hybridized carbons (Fsp3) is 0.0833. The zero-order chi connectivity index (χ0) is 13.8. The molecule has 0 aliphatic carbocycles. The van der Waals surface area contributed by atoms with E-state index in [2.05, 4.69) is 10.3 Å². The van der Waals surface area contributed by atoms with E-state index in [4.69, 9.17) is 5.11 Å². The number of hydrogen-bond acceptors (Lipinski definition) is 4. The van der Waals surface area contributed by atoms with Crippen molar-refractivity contribution < 1.29 is 19.1 Å². The van der Waals surface area contributed by atoms with Crippen LogP contribution in [0.3, 0.4) is 0 Å². The number of halogens is 1. The molecular formula is C12H9FN2O3S. The van der Waals surface area contributed by atoms with Crippen LogP contribution in [0.25, 0.3) is 0 Å². The highest BCUT2D eigenvalue weighted by Gasteiger charge is 2.11. The van der Waals surface area contributed by atoms with Crippen molar-refractivity contribution in [2.24, 2.45) is 0 Å². The number of aromatic nitrogens is 1. The molecule has 7 heteroatoms. The predicted molar refractivity (Wildman–Crippen MR) is 67.8 cm³/mol. The Morgan fingerprint density at radius 3 is 2.58 bits per heavy atom. The molecule has 0 radical (unpaired) electrons. The average Bonchev–Trinajstić information content (AvgIpc) is 2.80. The Hall–Kier alpha value is -2.28. The standard InChI is InChI=1S/C12H9FN2O3S/c13-7-1-3-8(4-2-7)14-10(16)5-11-15-9(6-19-11)12(17)18/h1-4,6H,5H2,(H,14,16)(H,17,18). The maximum Gasteiger partial charge on any atom is 0.355 e. The fourth-order valence-corrected chi connectivity index (χ4v) is 2.13. The molecule has 19 heavy (non-hydrogen) atoms. The first-order chi connectivity index (χ1) is 9.04. The zero-order valence-corrected chi connectivity index (χ0v) is 10.4. The Labute approximate surface area is 111 Å². The zero-order valence-electron chi connectivity index (χ0n) is 9.59. The van der Waals surface area contributed by atoms with Crippen molar-refractivity contribution in [3.05, 3.63) is 46.2 Å². The minimum Gasteiger partial charge on any atom is -0.476 e. The maximum absolute atomic E-state index is 12.7. The molecule has 0 atom stereocenters. The highest BCUT2D eigenvalue weighted by Crippen LogP contribution is 2.12. The number of hydrogen-bond donors (Lipinski definition) is 2. The van der Waals surface area contributed by atoms with E-state index in [0.717, 1.165) is 11.3 Å². The number of carbonyl (C=O) groups is 2. The second-order valence-electron chi connectivity index (χ2n) is 3.66. The van der Waals surface area contributed by atoms with Crippen LogP contribution in [0, 0.1) is 5.82 Å². The SMILES string of the molecule is O=C(Cc1nc(C(=O)O)cs1)Nc1ccc(F)cc1. The van der Waals surface area contributed by atoms with Crippen molar-refractivity contribution >= 4 is 28.9 Å². The van der Waals surface area contributed by atoms with Gasteiger partial charge in [0.05, 0.1) is 6.42 Å². The highest BCUT2D eigenvalue weighted by atomic mass is 32.1. The van der Waals surface area contributed by atoms with E-state index in [1.54, 1.807) is 0 Å². The number of nitrogens with one attached hydrogen (secondary N) is 1. The molecule has 2 rings (SSSR count). The van der Waals surface area contributed by atoms with Gasteiger partial charge in [0.1, 0.15) is 10.8 Å². The first-order valence-electron chi connectivity index (χ1n) is 5.28. The van der Waals surface area contributed by atoms with Gasteiger partial charge in [-0.3, -0.25) is 4.79 Å².